The summed E-state index contributed by atoms with van der Waals surface area (Å²) in [5.41, 5.74) is 0.512. The number of aliphatic hydroxyl groups excluding tert-OH is 1. The molecule has 1 unspecified atom stereocenters. The Kier molecular flexibility index (Phi) is 3.10. The van der Waals surface area contributed by atoms with Crippen LogP contribution in [0.1, 0.15) is 24.6 Å². The smallest absolute Gasteiger partial charge is 0.248 e. The van der Waals surface area contributed by atoms with E-state index in [0.29, 0.717) is 24.0 Å². The summed E-state index contributed by atoms with van der Waals surface area (Å²) in [5, 5.41) is 23.0. The fourth-order valence-corrected chi connectivity index (χ4v) is 2.19. The van der Waals surface area contributed by atoms with E-state index in [1.807, 2.05) is 17.5 Å². The van der Waals surface area contributed by atoms with Gasteiger partial charge in [-0.1, -0.05) is 16.4 Å². The van der Waals surface area contributed by atoms with Crippen molar-refractivity contribution >= 4 is 11.3 Å². The minimum absolute atomic E-state index is 0.331. The Hall–Kier alpha value is -2.06. The quantitative estimate of drug-likeness (QED) is 0.777. The molecule has 0 amide bonds. The van der Waals surface area contributed by atoms with E-state index in [0.717, 1.165) is 4.88 Å². The molecule has 0 saturated carbocycles. The molecule has 0 aromatic carbocycles. The van der Waals surface area contributed by atoms with Crippen LogP contribution in [0.3, 0.4) is 0 Å². The first-order valence-electron chi connectivity index (χ1n) is 5.67. The highest BCUT2D eigenvalue weighted by Crippen LogP contribution is 2.21. The van der Waals surface area contributed by atoms with E-state index in [-0.39, 0.29) is 0 Å². The minimum Gasteiger partial charge on any atom is -0.387 e. The number of thiophene rings is 1. The lowest BCUT2D eigenvalue weighted by Gasteiger charge is -1.95. The molecule has 1 N–H and O–H groups in total. The van der Waals surface area contributed by atoms with Crippen LogP contribution in [-0.2, 0) is 6.54 Å². The van der Waals surface area contributed by atoms with Crippen LogP contribution in [0.25, 0.3) is 10.7 Å². The van der Waals surface area contributed by atoms with E-state index in [1.54, 1.807) is 29.1 Å². The zero-order valence-electron chi connectivity index (χ0n) is 10.1. The highest BCUT2D eigenvalue weighted by atomic mass is 32.1. The normalized spacial score (nSPS) is 12.7. The van der Waals surface area contributed by atoms with Crippen molar-refractivity contribution in [3.63, 3.8) is 0 Å². The molecule has 1 atom stereocenters. The molecule has 0 radical (unpaired) electrons. The Morgan fingerprint density at radius 1 is 1.53 bits per heavy atom. The summed E-state index contributed by atoms with van der Waals surface area (Å²) in [5.74, 6) is 1.02. The molecule has 3 aromatic heterocycles. The zero-order chi connectivity index (χ0) is 13.2. The lowest BCUT2D eigenvalue weighted by molar-refractivity contribution is 0.194. The first kappa shape index (κ1) is 12.0. The third kappa shape index (κ3) is 2.54. The Balaban J connectivity index is 1.76. The topological polar surface area (TPSA) is 89.9 Å². The van der Waals surface area contributed by atoms with Gasteiger partial charge in [-0.3, -0.25) is 0 Å². The van der Waals surface area contributed by atoms with Crippen LogP contribution in [0.4, 0.5) is 0 Å². The van der Waals surface area contributed by atoms with Crippen LogP contribution in [0.5, 0.6) is 0 Å². The molecule has 0 aliphatic carbocycles. The molecule has 0 bridgehead atoms. The molecular weight excluding hydrogens is 266 g/mol. The fraction of sp³-hybridized carbons (Fsp3) is 0.273. The molecule has 0 spiro atoms. The predicted molar refractivity (Wildman–Crippen MR) is 67.4 cm³/mol. The average molecular weight is 277 g/mol. The van der Waals surface area contributed by atoms with Crippen molar-refractivity contribution in [1.29, 1.82) is 0 Å². The van der Waals surface area contributed by atoms with Crippen molar-refractivity contribution < 1.29 is 9.63 Å². The molecule has 0 aliphatic heterocycles. The monoisotopic (exact) mass is 277 g/mol. The molecule has 7 nitrogen and oxygen atoms in total. The second-order valence-electron chi connectivity index (χ2n) is 4.01. The molecule has 3 rings (SSSR count). The number of aliphatic hydroxyl groups is 1. The van der Waals surface area contributed by atoms with Gasteiger partial charge >= 0.3 is 0 Å². The first-order chi connectivity index (χ1) is 9.22. The van der Waals surface area contributed by atoms with Gasteiger partial charge in [-0.15, -0.1) is 16.4 Å². The maximum absolute atomic E-state index is 9.37. The molecule has 8 heteroatoms. The third-order valence-electron chi connectivity index (χ3n) is 2.49. The molecule has 3 aromatic rings. The SMILES string of the molecule is CC(O)c1cn(Cc2nc(-c3cccs3)no2)nn1. The van der Waals surface area contributed by atoms with Gasteiger partial charge in [0.25, 0.3) is 0 Å². The number of aromatic nitrogens is 5. The highest BCUT2D eigenvalue weighted by molar-refractivity contribution is 7.13. The molecule has 3 heterocycles. The van der Waals surface area contributed by atoms with Crippen molar-refractivity contribution in [2.45, 2.75) is 19.6 Å². The standard InChI is InChI=1S/C11H11N5O2S/c1-7(17)8-5-16(15-13-8)6-10-12-11(14-18-10)9-3-2-4-19-9/h2-5,7,17H,6H2,1H3. The van der Waals surface area contributed by atoms with E-state index in [2.05, 4.69) is 20.5 Å². The molecule has 98 valence electrons. The molecule has 0 saturated heterocycles. The van der Waals surface area contributed by atoms with E-state index in [9.17, 15) is 5.11 Å². The van der Waals surface area contributed by atoms with Gasteiger partial charge in [0, 0.05) is 0 Å². The Bertz CT molecular complexity index is 658. The number of nitrogens with zero attached hydrogens (tertiary/aromatic N) is 5. The summed E-state index contributed by atoms with van der Waals surface area (Å²) >= 11 is 1.55. The van der Waals surface area contributed by atoms with Crippen molar-refractivity contribution in [1.82, 2.24) is 25.1 Å². The summed E-state index contributed by atoms with van der Waals surface area (Å²) in [6.45, 7) is 1.97. The molecule has 0 aliphatic rings. The second kappa shape index (κ2) is 4.90. The van der Waals surface area contributed by atoms with Crippen LogP contribution in [-0.4, -0.2) is 30.2 Å². The minimum atomic E-state index is -0.641. The third-order valence-corrected chi connectivity index (χ3v) is 3.36. The van der Waals surface area contributed by atoms with Gasteiger partial charge in [-0.05, 0) is 18.4 Å². The van der Waals surface area contributed by atoms with Crippen LogP contribution in [0.2, 0.25) is 0 Å². The van der Waals surface area contributed by atoms with Gasteiger partial charge in [-0.25, -0.2) is 4.68 Å². The predicted octanol–water partition coefficient (Wildman–Crippen LogP) is 1.49. The maximum Gasteiger partial charge on any atom is 0.248 e. The van der Waals surface area contributed by atoms with E-state index < -0.39 is 6.10 Å². The fourth-order valence-electron chi connectivity index (χ4n) is 1.55. The van der Waals surface area contributed by atoms with Gasteiger partial charge in [0.1, 0.15) is 12.2 Å². The van der Waals surface area contributed by atoms with Gasteiger partial charge in [-0.2, -0.15) is 4.98 Å². The summed E-state index contributed by atoms with van der Waals surface area (Å²) in [4.78, 5) is 5.24. The average Bonchev–Trinajstić information content (AvgIpc) is 3.09. The Morgan fingerprint density at radius 2 is 2.42 bits per heavy atom. The summed E-state index contributed by atoms with van der Waals surface area (Å²) < 4.78 is 6.71. The molecule has 19 heavy (non-hydrogen) atoms. The van der Waals surface area contributed by atoms with Crippen molar-refractivity contribution in [2.75, 3.05) is 0 Å². The number of hydrogen-bond acceptors (Lipinski definition) is 7. The lowest BCUT2D eigenvalue weighted by atomic mass is 10.3. The first-order valence-corrected chi connectivity index (χ1v) is 6.55. The van der Waals surface area contributed by atoms with E-state index >= 15 is 0 Å². The maximum atomic E-state index is 9.37. The van der Waals surface area contributed by atoms with Crippen LogP contribution < -0.4 is 0 Å². The lowest BCUT2D eigenvalue weighted by Crippen LogP contribution is -2.00. The Morgan fingerprint density at radius 3 is 3.11 bits per heavy atom. The van der Waals surface area contributed by atoms with Gasteiger partial charge in [0.2, 0.25) is 11.7 Å². The van der Waals surface area contributed by atoms with Crippen LogP contribution in [0.15, 0.2) is 28.2 Å². The van der Waals surface area contributed by atoms with Crippen LogP contribution in [0, 0.1) is 0 Å². The summed E-state index contributed by atoms with van der Waals surface area (Å²) in [6, 6.07) is 3.86. The van der Waals surface area contributed by atoms with Gasteiger partial charge in [0.15, 0.2) is 0 Å². The van der Waals surface area contributed by atoms with Gasteiger partial charge in [0.05, 0.1) is 17.2 Å². The van der Waals surface area contributed by atoms with E-state index in [4.69, 9.17) is 4.52 Å². The zero-order valence-corrected chi connectivity index (χ0v) is 10.9. The Labute approximate surface area is 112 Å². The van der Waals surface area contributed by atoms with Crippen LogP contribution >= 0.6 is 11.3 Å². The summed E-state index contributed by atoms with van der Waals surface area (Å²) in [7, 11) is 0. The highest BCUT2D eigenvalue weighted by Gasteiger charge is 2.12. The second-order valence-corrected chi connectivity index (χ2v) is 4.95. The molecular formula is C11H11N5O2S. The van der Waals surface area contributed by atoms with Crippen molar-refractivity contribution in [2.24, 2.45) is 0 Å². The summed E-state index contributed by atoms with van der Waals surface area (Å²) in [6.07, 6.45) is 1.01. The van der Waals surface area contributed by atoms with Crippen molar-refractivity contribution in [3.8, 4) is 10.7 Å². The number of hydrogen-bond donors (Lipinski definition) is 1. The van der Waals surface area contributed by atoms with E-state index in [1.165, 1.54) is 0 Å². The van der Waals surface area contributed by atoms with Crippen molar-refractivity contribution in [3.05, 3.63) is 35.3 Å². The molecule has 0 fully saturated rings. The number of rotatable bonds is 4. The largest absolute Gasteiger partial charge is 0.387 e. The van der Waals surface area contributed by atoms with Gasteiger partial charge < -0.3 is 9.63 Å².